The molecule has 3 fully saturated rings. The van der Waals surface area contributed by atoms with E-state index in [-0.39, 0.29) is 30.4 Å². The summed E-state index contributed by atoms with van der Waals surface area (Å²) in [5.74, 6) is -4.79. The molecular weight excluding hydrogens is 652 g/mol. The van der Waals surface area contributed by atoms with Gasteiger partial charge in [0.2, 0.25) is 23.6 Å². The number of methoxy groups -OCH3 is 1. The van der Waals surface area contributed by atoms with E-state index in [0.717, 1.165) is 17.6 Å². The number of phenols is 1. The van der Waals surface area contributed by atoms with Crippen LogP contribution < -0.4 is 14.5 Å². The van der Waals surface area contributed by atoms with Gasteiger partial charge in [0.05, 0.1) is 41.7 Å². The molecule has 6 atom stereocenters. The van der Waals surface area contributed by atoms with Gasteiger partial charge in [-0.3, -0.25) is 24.1 Å². The molecule has 4 aromatic rings. The molecule has 2 aliphatic heterocycles. The molecule has 252 valence electrons. The van der Waals surface area contributed by atoms with Crippen LogP contribution in [0.4, 0.5) is 11.4 Å². The van der Waals surface area contributed by atoms with Gasteiger partial charge in [-0.25, -0.2) is 4.90 Å². The van der Waals surface area contributed by atoms with Crippen LogP contribution in [0.2, 0.25) is 5.02 Å². The van der Waals surface area contributed by atoms with Gasteiger partial charge in [0, 0.05) is 16.5 Å². The summed E-state index contributed by atoms with van der Waals surface area (Å²) in [5.41, 5.74) is 2.24. The van der Waals surface area contributed by atoms with Gasteiger partial charge in [-0.2, -0.15) is 0 Å². The molecule has 0 spiro atoms. The topological polar surface area (TPSA) is 104 Å². The van der Waals surface area contributed by atoms with Crippen LogP contribution in [0.3, 0.4) is 0 Å². The van der Waals surface area contributed by atoms with Crippen LogP contribution in [0.5, 0.6) is 11.5 Å². The van der Waals surface area contributed by atoms with Crippen molar-refractivity contribution in [2.45, 2.75) is 37.5 Å². The third kappa shape index (κ3) is 4.51. The average molecular weight is 687 g/mol. The van der Waals surface area contributed by atoms with Crippen molar-refractivity contribution in [3.8, 4) is 11.5 Å². The van der Waals surface area contributed by atoms with Crippen molar-refractivity contribution in [3.63, 3.8) is 0 Å². The van der Waals surface area contributed by atoms with Crippen LogP contribution in [0, 0.1) is 23.7 Å². The Hall–Kier alpha value is -5.21. The van der Waals surface area contributed by atoms with Gasteiger partial charge in [0.1, 0.15) is 11.5 Å². The number of ether oxygens (including phenoxy) is 1. The first kappa shape index (κ1) is 32.0. The van der Waals surface area contributed by atoms with E-state index in [4.69, 9.17) is 16.3 Å². The van der Waals surface area contributed by atoms with Crippen molar-refractivity contribution < 1.29 is 29.0 Å². The first-order chi connectivity index (χ1) is 24.2. The molecule has 8 nitrogen and oxygen atoms in total. The lowest BCUT2D eigenvalue weighted by atomic mass is 9.49. The number of phenolic OH excluding ortho intramolecular Hbond substituents is 1. The predicted octanol–water partition coefficient (Wildman–Crippen LogP) is 6.98. The molecule has 4 aromatic carbocycles. The largest absolute Gasteiger partial charge is 0.508 e. The Morgan fingerprint density at radius 2 is 1.58 bits per heavy atom. The lowest BCUT2D eigenvalue weighted by molar-refractivity contribution is -0.127. The zero-order valence-electron chi connectivity index (χ0n) is 27.6. The summed E-state index contributed by atoms with van der Waals surface area (Å²) in [7, 11) is 1.52. The summed E-state index contributed by atoms with van der Waals surface area (Å²) in [6.45, 7) is 2.04. The minimum Gasteiger partial charge on any atom is -0.508 e. The zero-order chi connectivity index (χ0) is 34.9. The van der Waals surface area contributed by atoms with Crippen LogP contribution in [0.15, 0.2) is 109 Å². The molecule has 50 heavy (non-hydrogen) atoms. The smallest absolute Gasteiger partial charge is 0.246 e. The van der Waals surface area contributed by atoms with E-state index in [1.54, 1.807) is 48.5 Å². The molecule has 2 saturated heterocycles. The van der Waals surface area contributed by atoms with Crippen LogP contribution in [0.25, 0.3) is 0 Å². The van der Waals surface area contributed by atoms with Gasteiger partial charge in [-0.05, 0) is 84.8 Å². The fourth-order valence-electron chi connectivity index (χ4n) is 9.11. The summed E-state index contributed by atoms with van der Waals surface area (Å²) in [5, 5.41) is 12.0. The van der Waals surface area contributed by atoms with Crippen molar-refractivity contribution in [2.75, 3.05) is 16.9 Å². The molecule has 6 unspecified atom stereocenters. The zero-order valence-corrected chi connectivity index (χ0v) is 28.3. The Morgan fingerprint density at radius 1 is 0.820 bits per heavy atom. The standard InChI is InChI=1S/C41H35ClN2O6/c1-3-23-12-14-26(15-13-23)43-37(46)30-18-17-29-31(35(30)39(43)48)22-33-38(47)44(27-11-7-10-25(42)20-27)40(49)41(33,24-8-5-4-6-9-24)36(29)32-21-28(50-2)16-19-34(32)45/h4-17,19-21,30-31,33,35-36,45H,3,18,22H2,1-2H3. The average Bonchev–Trinajstić information content (AvgIpc) is 3.53. The molecule has 4 aliphatic rings. The van der Waals surface area contributed by atoms with Gasteiger partial charge < -0.3 is 9.84 Å². The highest BCUT2D eigenvalue weighted by Gasteiger charge is 2.70. The van der Waals surface area contributed by atoms with E-state index in [9.17, 15) is 19.5 Å². The molecule has 2 heterocycles. The molecule has 9 heteroatoms. The highest BCUT2D eigenvalue weighted by atomic mass is 35.5. The highest BCUT2D eigenvalue weighted by molar-refractivity contribution is 6.32. The number of carbonyl (C=O) groups is 4. The predicted molar refractivity (Wildman–Crippen MR) is 189 cm³/mol. The number of carbonyl (C=O) groups excluding carboxylic acids is 4. The van der Waals surface area contributed by atoms with E-state index < -0.39 is 46.8 Å². The molecule has 1 N–H and O–H groups in total. The summed E-state index contributed by atoms with van der Waals surface area (Å²) in [6.07, 6.45) is 3.24. The number of rotatable bonds is 6. The van der Waals surface area contributed by atoms with Crippen molar-refractivity contribution in [2.24, 2.45) is 23.7 Å². The first-order valence-electron chi connectivity index (χ1n) is 16.9. The van der Waals surface area contributed by atoms with E-state index >= 15 is 4.79 Å². The Labute approximate surface area is 294 Å². The molecule has 8 rings (SSSR count). The molecular formula is C41H35ClN2O6. The lowest BCUT2D eigenvalue weighted by Crippen LogP contribution is -2.53. The number of nitrogens with zero attached hydrogens (tertiary/aromatic N) is 2. The Bertz CT molecular complexity index is 2100. The van der Waals surface area contributed by atoms with Crippen molar-refractivity contribution >= 4 is 46.6 Å². The van der Waals surface area contributed by atoms with Gasteiger partial charge >= 0.3 is 0 Å². The number of hydrogen-bond donors (Lipinski definition) is 1. The number of allylic oxidation sites excluding steroid dienone is 2. The highest BCUT2D eigenvalue weighted by Crippen LogP contribution is 2.65. The monoisotopic (exact) mass is 686 g/mol. The second kappa shape index (κ2) is 12.0. The first-order valence-corrected chi connectivity index (χ1v) is 17.3. The lowest BCUT2D eigenvalue weighted by Gasteiger charge is -2.50. The minimum atomic E-state index is -1.50. The number of aromatic hydroxyl groups is 1. The second-order valence-electron chi connectivity index (χ2n) is 13.6. The fourth-order valence-corrected chi connectivity index (χ4v) is 9.30. The number of halogens is 1. The molecule has 2 aliphatic carbocycles. The van der Waals surface area contributed by atoms with Gasteiger partial charge in [-0.1, -0.05) is 78.7 Å². The maximum absolute atomic E-state index is 15.3. The third-order valence-corrected chi connectivity index (χ3v) is 11.6. The van der Waals surface area contributed by atoms with Crippen LogP contribution in [-0.4, -0.2) is 35.8 Å². The maximum atomic E-state index is 15.3. The van der Waals surface area contributed by atoms with E-state index in [1.165, 1.54) is 23.0 Å². The number of amides is 4. The van der Waals surface area contributed by atoms with Gasteiger partial charge in [0.15, 0.2) is 0 Å². The van der Waals surface area contributed by atoms with Gasteiger partial charge in [-0.15, -0.1) is 0 Å². The number of imide groups is 2. The maximum Gasteiger partial charge on any atom is 0.246 e. The third-order valence-electron chi connectivity index (χ3n) is 11.3. The van der Waals surface area contributed by atoms with E-state index in [1.807, 2.05) is 55.5 Å². The fraction of sp³-hybridized carbons (Fsp3) is 0.268. The van der Waals surface area contributed by atoms with E-state index in [0.29, 0.717) is 33.3 Å². The summed E-state index contributed by atoms with van der Waals surface area (Å²) in [4.78, 5) is 61.3. The van der Waals surface area contributed by atoms with Crippen molar-refractivity contribution in [1.29, 1.82) is 0 Å². The summed E-state index contributed by atoms with van der Waals surface area (Å²) in [6, 6.07) is 28.2. The molecule has 0 aromatic heterocycles. The number of benzene rings is 4. The molecule has 4 amide bonds. The number of aryl methyl sites for hydroxylation is 1. The minimum absolute atomic E-state index is 0.0681. The summed E-state index contributed by atoms with van der Waals surface area (Å²) >= 11 is 6.39. The summed E-state index contributed by atoms with van der Waals surface area (Å²) < 4.78 is 5.61. The Morgan fingerprint density at radius 3 is 2.28 bits per heavy atom. The van der Waals surface area contributed by atoms with Crippen molar-refractivity contribution in [1.82, 2.24) is 0 Å². The van der Waals surface area contributed by atoms with Crippen LogP contribution >= 0.6 is 11.6 Å². The number of fused-ring (bicyclic) bond motifs is 4. The SMILES string of the molecule is CCc1ccc(N2C(=O)C3CC=C4C(CC5C(=O)N(c6cccc(Cl)c6)C(=O)C5(c5ccccc5)C4c4cc(OC)ccc4O)C3C2=O)cc1. The van der Waals surface area contributed by atoms with E-state index in [2.05, 4.69) is 0 Å². The molecule has 1 saturated carbocycles. The molecule has 0 bridgehead atoms. The van der Waals surface area contributed by atoms with Crippen LogP contribution in [-0.2, 0) is 31.0 Å². The normalized spacial score (nSPS) is 27.2. The quantitative estimate of drug-likeness (QED) is 0.173. The van der Waals surface area contributed by atoms with Crippen LogP contribution in [0.1, 0.15) is 42.4 Å². The number of hydrogen-bond acceptors (Lipinski definition) is 6. The second-order valence-corrected chi connectivity index (χ2v) is 14.0. The van der Waals surface area contributed by atoms with Crippen molar-refractivity contribution in [3.05, 3.63) is 130 Å². The number of anilines is 2. The Kier molecular flexibility index (Phi) is 7.68. The molecule has 0 radical (unpaired) electrons. The van der Waals surface area contributed by atoms with Gasteiger partial charge in [0.25, 0.3) is 0 Å². The Balaban J connectivity index is 1.35.